The van der Waals surface area contributed by atoms with E-state index in [0.717, 1.165) is 12.0 Å². The number of carbonyl (C=O) groups is 1. The van der Waals surface area contributed by atoms with E-state index in [1.165, 1.54) is 12.3 Å². The van der Waals surface area contributed by atoms with Crippen molar-refractivity contribution in [3.63, 3.8) is 0 Å². The lowest BCUT2D eigenvalue weighted by atomic mass is 10.1. The molecule has 2 heterocycles. The molecule has 180 valence electrons. The third-order valence-corrected chi connectivity index (χ3v) is 5.21. The zero-order valence-electron chi connectivity index (χ0n) is 19.6. The van der Waals surface area contributed by atoms with Crippen molar-refractivity contribution < 1.29 is 28.5 Å². The van der Waals surface area contributed by atoms with Crippen molar-refractivity contribution in [3.8, 4) is 17.2 Å². The van der Waals surface area contributed by atoms with Crippen LogP contribution in [-0.4, -0.2) is 53.0 Å². The van der Waals surface area contributed by atoms with Gasteiger partial charge < -0.3 is 29.5 Å². The van der Waals surface area contributed by atoms with Crippen molar-refractivity contribution in [2.75, 3.05) is 25.0 Å². The number of anilines is 2. The summed E-state index contributed by atoms with van der Waals surface area (Å²) in [5.74, 6) is -0.0267. The monoisotopic (exact) mass is 461 g/mol. The number of aryl methyl sites for hydroxylation is 1. The average Bonchev–Trinajstić information content (AvgIpc) is 2.77. The summed E-state index contributed by atoms with van der Waals surface area (Å²) in [5.41, 5.74) is 1.21. The maximum atomic E-state index is 14.4. The summed E-state index contributed by atoms with van der Waals surface area (Å²) < 4.78 is 31.0. The minimum absolute atomic E-state index is 0.162. The van der Waals surface area contributed by atoms with Gasteiger partial charge in [-0.2, -0.15) is 0 Å². The van der Waals surface area contributed by atoms with E-state index in [1.807, 2.05) is 27.7 Å². The van der Waals surface area contributed by atoms with Gasteiger partial charge in [-0.15, -0.1) is 0 Å². The first-order valence-corrected chi connectivity index (χ1v) is 11.3. The molecule has 33 heavy (non-hydrogen) atoms. The second-order valence-corrected chi connectivity index (χ2v) is 8.31. The molecule has 3 rings (SSSR count). The second-order valence-electron chi connectivity index (χ2n) is 8.31. The molecule has 0 spiro atoms. The Hall–Kier alpha value is -3.23. The number of nitrogens with zero attached hydrogens (tertiary/aromatic N) is 2. The minimum Gasteiger partial charge on any atom is -0.502 e. The quantitative estimate of drug-likeness (QED) is 0.561. The summed E-state index contributed by atoms with van der Waals surface area (Å²) in [7, 11) is 0. The van der Waals surface area contributed by atoms with Gasteiger partial charge in [0, 0.05) is 49.9 Å². The Kier molecular flexibility index (Phi) is 8.19. The van der Waals surface area contributed by atoms with Gasteiger partial charge >= 0.3 is 6.09 Å². The van der Waals surface area contributed by atoms with Crippen molar-refractivity contribution >= 4 is 17.6 Å². The average molecular weight is 462 g/mol. The van der Waals surface area contributed by atoms with Gasteiger partial charge in [-0.05, 0) is 38.8 Å². The maximum absolute atomic E-state index is 14.4. The van der Waals surface area contributed by atoms with Gasteiger partial charge in [0.15, 0.2) is 23.1 Å². The fourth-order valence-electron chi connectivity index (χ4n) is 3.47. The lowest BCUT2D eigenvalue weighted by Gasteiger charge is -2.32. The van der Waals surface area contributed by atoms with E-state index >= 15 is 0 Å². The Morgan fingerprint density at radius 3 is 2.70 bits per heavy atom. The molecule has 1 aliphatic heterocycles. The molecule has 2 N–H and O–H groups in total. The number of nitrogens with one attached hydrogen (secondary N) is 1. The summed E-state index contributed by atoms with van der Waals surface area (Å²) in [5, 5.41) is 13.7. The van der Waals surface area contributed by atoms with Crippen LogP contribution in [0.3, 0.4) is 0 Å². The highest BCUT2D eigenvalue weighted by atomic mass is 19.1. The van der Waals surface area contributed by atoms with E-state index in [-0.39, 0.29) is 41.4 Å². The van der Waals surface area contributed by atoms with Gasteiger partial charge in [-0.3, -0.25) is 0 Å². The second kappa shape index (κ2) is 11.1. The molecule has 0 saturated carbocycles. The van der Waals surface area contributed by atoms with Crippen molar-refractivity contribution in [3.05, 3.63) is 35.8 Å². The Morgan fingerprint density at radius 1 is 1.30 bits per heavy atom. The number of aromatic hydroxyl groups is 1. The lowest BCUT2D eigenvalue weighted by Crippen LogP contribution is -2.42. The third kappa shape index (κ3) is 6.40. The fraction of sp³-hybridized carbons (Fsp3) is 0.500. The van der Waals surface area contributed by atoms with E-state index < -0.39 is 5.82 Å². The largest absolute Gasteiger partial charge is 0.502 e. The van der Waals surface area contributed by atoms with Crippen LogP contribution in [0.25, 0.3) is 0 Å². The molecule has 0 aliphatic carbocycles. The Morgan fingerprint density at radius 2 is 2.03 bits per heavy atom. The summed E-state index contributed by atoms with van der Waals surface area (Å²) in [4.78, 5) is 17.9. The maximum Gasteiger partial charge on any atom is 0.410 e. The first-order chi connectivity index (χ1) is 15.8. The first-order valence-electron chi connectivity index (χ1n) is 11.3. The van der Waals surface area contributed by atoms with E-state index in [9.17, 15) is 14.3 Å². The summed E-state index contributed by atoms with van der Waals surface area (Å²) in [6, 6.07) is 4.51. The molecule has 1 aromatic carbocycles. The van der Waals surface area contributed by atoms with Gasteiger partial charge in [0.25, 0.3) is 0 Å². The number of halogens is 1. The number of amides is 1. The minimum atomic E-state index is -0.494. The van der Waals surface area contributed by atoms with Crippen LogP contribution in [-0.2, 0) is 4.74 Å². The third-order valence-electron chi connectivity index (χ3n) is 5.21. The molecular weight excluding hydrogens is 429 g/mol. The van der Waals surface area contributed by atoms with E-state index in [4.69, 9.17) is 14.2 Å². The zero-order chi connectivity index (χ0) is 24.0. The molecule has 0 bridgehead atoms. The predicted octanol–water partition coefficient (Wildman–Crippen LogP) is 5.16. The van der Waals surface area contributed by atoms with Crippen LogP contribution in [0.2, 0.25) is 0 Å². The fourth-order valence-corrected chi connectivity index (χ4v) is 3.47. The normalized spacial score (nSPS) is 14.3. The molecule has 0 radical (unpaired) electrons. The lowest BCUT2D eigenvalue weighted by molar-refractivity contribution is 0.0511. The highest BCUT2D eigenvalue weighted by molar-refractivity contribution is 5.69. The van der Waals surface area contributed by atoms with Crippen LogP contribution in [0, 0.1) is 12.7 Å². The molecule has 1 saturated heterocycles. The number of carbonyl (C=O) groups excluding carboxylic acids is 1. The van der Waals surface area contributed by atoms with E-state index in [0.29, 0.717) is 38.2 Å². The molecule has 1 aromatic heterocycles. The van der Waals surface area contributed by atoms with Gasteiger partial charge in [-0.25, -0.2) is 14.2 Å². The smallest absolute Gasteiger partial charge is 0.410 e. The number of benzene rings is 1. The molecule has 9 heteroatoms. The highest BCUT2D eigenvalue weighted by Crippen LogP contribution is 2.37. The van der Waals surface area contributed by atoms with Crippen molar-refractivity contribution in [1.82, 2.24) is 9.88 Å². The standard InChI is InChI=1S/C24H32FN3O5/c1-5-12-31-21-13-16(4)19(14-18(21)25)27-23-22(29)20(6-9-26-23)33-17-7-10-28(11-8-17)24(30)32-15(2)3/h6,9,13-15,17,29H,5,7-8,10-12H2,1-4H3,(H,26,27). The zero-order valence-corrected chi connectivity index (χ0v) is 19.6. The van der Waals surface area contributed by atoms with Gasteiger partial charge in [0.05, 0.1) is 12.7 Å². The van der Waals surface area contributed by atoms with Crippen LogP contribution >= 0.6 is 0 Å². The number of likely N-dealkylation sites (tertiary alicyclic amines) is 1. The molecule has 1 aliphatic rings. The van der Waals surface area contributed by atoms with Crippen LogP contribution in [0.4, 0.5) is 20.7 Å². The molecular formula is C24H32FN3O5. The summed E-state index contributed by atoms with van der Waals surface area (Å²) in [6.45, 7) is 8.86. The van der Waals surface area contributed by atoms with Crippen molar-refractivity contribution in [2.24, 2.45) is 0 Å². The molecule has 2 aromatic rings. The van der Waals surface area contributed by atoms with Gasteiger partial charge in [0.2, 0.25) is 5.75 Å². The number of aromatic nitrogens is 1. The number of ether oxygens (including phenoxy) is 3. The van der Waals surface area contributed by atoms with Gasteiger partial charge in [-0.1, -0.05) is 6.92 Å². The number of piperidine rings is 1. The SMILES string of the molecule is CCCOc1cc(C)c(Nc2nccc(OC3CCN(C(=O)OC(C)C)CC3)c2O)cc1F. The van der Waals surface area contributed by atoms with E-state index in [1.54, 1.807) is 17.0 Å². The first kappa shape index (κ1) is 24.4. The highest BCUT2D eigenvalue weighted by Gasteiger charge is 2.26. The van der Waals surface area contributed by atoms with Crippen molar-refractivity contribution in [1.29, 1.82) is 0 Å². The Labute approximate surface area is 193 Å². The van der Waals surface area contributed by atoms with E-state index in [2.05, 4.69) is 10.3 Å². The van der Waals surface area contributed by atoms with Crippen LogP contribution in [0.5, 0.6) is 17.2 Å². The summed E-state index contributed by atoms with van der Waals surface area (Å²) in [6.07, 6.45) is 2.87. The molecule has 0 unspecified atom stereocenters. The topological polar surface area (TPSA) is 93.2 Å². The number of hydrogen-bond acceptors (Lipinski definition) is 7. The Bertz CT molecular complexity index is 961. The van der Waals surface area contributed by atoms with Crippen LogP contribution in [0.15, 0.2) is 24.4 Å². The predicted molar refractivity (Wildman–Crippen MR) is 123 cm³/mol. The van der Waals surface area contributed by atoms with Crippen molar-refractivity contribution in [2.45, 2.75) is 59.2 Å². The molecule has 1 amide bonds. The number of rotatable bonds is 8. The molecule has 8 nitrogen and oxygen atoms in total. The molecule has 1 fully saturated rings. The number of pyridine rings is 1. The number of hydrogen-bond donors (Lipinski definition) is 2. The Balaban J connectivity index is 1.65. The van der Waals surface area contributed by atoms with Gasteiger partial charge in [0.1, 0.15) is 6.10 Å². The summed E-state index contributed by atoms with van der Waals surface area (Å²) >= 11 is 0. The van der Waals surface area contributed by atoms with Crippen LogP contribution < -0.4 is 14.8 Å². The van der Waals surface area contributed by atoms with Crippen LogP contribution in [0.1, 0.15) is 45.6 Å². The molecule has 0 atom stereocenters.